The van der Waals surface area contributed by atoms with Crippen LogP contribution in [-0.4, -0.2) is 30.3 Å². The van der Waals surface area contributed by atoms with E-state index in [2.05, 4.69) is 18.8 Å². The average molecular weight is 322 g/mol. The van der Waals surface area contributed by atoms with E-state index in [-0.39, 0.29) is 17.6 Å². The van der Waals surface area contributed by atoms with Gasteiger partial charge in [0.1, 0.15) is 31.8 Å². The maximum absolute atomic E-state index is 12.8. The van der Waals surface area contributed by atoms with E-state index in [0.29, 0.717) is 10.4 Å². The maximum atomic E-state index is 12.8. The predicted octanol–water partition coefficient (Wildman–Crippen LogP) is 1.68. The lowest BCUT2D eigenvalue weighted by Gasteiger charge is -2.32. The van der Waals surface area contributed by atoms with E-state index in [9.17, 15) is 4.79 Å². The van der Waals surface area contributed by atoms with E-state index in [0.717, 1.165) is 36.4 Å². The minimum absolute atomic E-state index is 0.0908. The van der Waals surface area contributed by atoms with Crippen LogP contribution in [0.3, 0.4) is 0 Å². The number of pyridine rings is 1. The third-order valence-corrected chi connectivity index (χ3v) is 4.66. The van der Waals surface area contributed by atoms with Crippen molar-refractivity contribution < 1.29 is 9.64 Å². The molecule has 2 aromatic rings. The second kappa shape index (κ2) is 6.03. The first-order valence-electron chi connectivity index (χ1n) is 7.74. The molecule has 1 aromatic carbocycles. The second-order valence-electron chi connectivity index (χ2n) is 6.31. The van der Waals surface area contributed by atoms with Crippen LogP contribution < -0.4 is 10.3 Å². The Morgan fingerprint density at radius 1 is 1.32 bits per heavy atom. The Hall–Kier alpha value is -1.36. The average Bonchev–Trinajstić information content (AvgIpc) is 2.44. The summed E-state index contributed by atoms with van der Waals surface area (Å²) in [5.74, 6) is 0. The lowest BCUT2D eigenvalue weighted by Crippen LogP contribution is -3.14. The summed E-state index contributed by atoms with van der Waals surface area (Å²) in [4.78, 5) is 17.5. The van der Waals surface area contributed by atoms with Crippen molar-refractivity contribution in [3.63, 3.8) is 0 Å². The van der Waals surface area contributed by atoms with Crippen LogP contribution in [0.5, 0.6) is 0 Å². The number of quaternary nitrogens is 1. The quantitative estimate of drug-likeness (QED) is 0.884. The van der Waals surface area contributed by atoms with Crippen LogP contribution in [0, 0.1) is 6.92 Å². The van der Waals surface area contributed by atoms with Crippen molar-refractivity contribution in [1.82, 2.24) is 4.98 Å². The van der Waals surface area contributed by atoms with Gasteiger partial charge < -0.3 is 14.6 Å². The number of rotatable bonds is 2. The molecule has 1 saturated heterocycles. The Balaban J connectivity index is 1.99. The summed E-state index contributed by atoms with van der Waals surface area (Å²) in [6.45, 7) is 8.71. The molecule has 0 aliphatic carbocycles. The molecule has 1 fully saturated rings. The van der Waals surface area contributed by atoms with E-state index in [1.54, 1.807) is 6.07 Å². The van der Waals surface area contributed by atoms with Crippen molar-refractivity contribution in [2.24, 2.45) is 0 Å². The van der Waals surface area contributed by atoms with Crippen LogP contribution in [0.1, 0.15) is 25.1 Å². The number of H-pyrrole nitrogens is 1. The number of hydrogen-bond acceptors (Lipinski definition) is 2. The number of aryl methyl sites for hydroxylation is 1. The van der Waals surface area contributed by atoms with Gasteiger partial charge >= 0.3 is 0 Å². The predicted molar refractivity (Wildman–Crippen MR) is 88.7 cm³/mol. The van der Waals surface area contributed by atoms with Gasteiger partial charge in [0, 0.05) is 11.1 Å². The zero-order valence-corrected chi connectivity index (χ0v) is 14.0. The zero-order valence-electron chi connectivity index (χ0n) is 13.2. The van der Waals surface area contributed by atoms with E-state index in [1.807, 2.05) is 19.1 Å². The van der Waals surface area contributed by atoms with Crippen molar-refractivity contribution in [2.75, 3.05) is 13.1 Å². The highest BCUT2D eigenvalue weighted by molar-refractivity contribution is 6.35. The van der Waals surface area contributed by atoms with Crippen LogP contribution in [-0.2, 0) is 11.3 Å². The molecule has 0 saturated carbocycles. The zero-order chi connectivity index (χ0) is 15.9. The number of para-hydroxylation sites is 1. The Morgan fingerprint density at radius 3 is 2.68 bits per heavy atom. The first kappa shape index (κ1) is 15.5. The van der Waals surface area contributed by atoms with Crippen LogP contribution >= 0.6 is 11.6 Å². The van der Waals surface area contributed by atoms with Gasteiger partial charge in [-0.15, -0.1) is 0 Å². The number of aromatic nitrogens is 1. The standard InChI is InChI=1S/C17H21ClN2O2/c1-10-7-20(8-11(2)22-10)9-14-12(3)19-16-13(17(14)21)5-4-6-15(16)18/h4-6,10-11H,7-9H2,1-3H3,(H,19,21)/p+1/t10-,11-/m1/s1. The van der Waals surface area contributed by atoms with Crippen LogP contribution in [0.25, 0.3) is 10.9 Å². The van der Waals surface area contributed by atoms with Gasteiger partial charge in [0.15, 0.2) is 5.43 Å². The first-order chi connectivity index (χ1) is 10.5. The van der Waals surface area contributed by atoms with Crippen molar-refractivity contribution in [3.05, 3.63) is 44.7 Å². The van der Waals surface area contributed by atoms with Crippen molar-refractivity contribution in [1.29, 1.82) is 0 Å². The molecule has 3 rings (SSSR count). The molecular weight excluding hydrogens is 300 g/mol. The summed E-state index contributed by atoms with van der Waals surface area (Å²) < 4.78 is 5.78. The molecule has 2 heterocycles. The molecule has 0 spiro atoms. The van der Waals surface area contributed by atoms with Gasteiger partial charge in [-0.3, -0.25) is 4.79 Å². The largest absolute Gasteiger partial charge is 0.364 e. The molecular formula is C17H22ClN2O2+. The fraction of sp³-hybridized carbons (Fsp3) is 0.471. The van der Waals surface area contributed by atoms with Crippen molar-refractivity contribution >= 4 is 22.5 Å². The Labute approximate surface area is 135 Å². The van der Waals surface area contributed by atoms with Gasteiger partial charge in [-0.25, -0.2) is 0 Å². The molecule has 1 aromatic heterocycles. The molecule has 4 nitrogen and oxygen atoms in total. The van der Waals surface area contributed by atoms with Gasteiger partial charge in [0.05, 0.1) is 16.1 Å². The smallest absolute Gasteiger partial charge is 0.198 e. The van der Waals surface area contributed by atoms with Crippen LogP contribution in [0.2, 0.25) is 5.02 Å². The third kappa shape index (κ3) is 2.91. The molecule has 1 aliphatic heterocycles. The SMILES string of the molecule is Cc1[nH]c2c(Cl)cccc2c(=O)c1C[NH+]1C[C@@H](C)O[C@H](C)C1. The summed E-state index contributed by atoms with van der Waals surface area (Å²) in [6.07, 6.45) is 0.459. The normalized spacial score (nSPS) is 25.5. The van der Waals surface area contributed by atoms with Crippen molar-refractivity contribution in [3.8, 4) is 0 Å². The summed E-state index contributed by atoms with van der Waals surface area (Å²) in [5, 5.41) is 1.26. The summed E-state index contributed by atoms with van der Waals surface area (Å²) in [7, 11) is 0. The van der Waals surface area contributed by atoms with E-state index in [1.165, 1.54) is 4.90 Å². The highest BCUT2D eigenvalue weighted by Gasteiger charge is 2.27. The lowest BCUT2D eigenvalue weighted by molar-refractivity contribution is -0.928. The van der Waals surface area contributed by atoms with Crippen LogP contribution in [0.4, 0.5) is 0 Å². The van der Waals surface area contributed by atoms with E-state index in [4.69, 9.17) is 16.3 Å². The Morgan fingerprint density at radius 2 is 2.00 bits per heavy atom. The van der Waals surface area contributed by atoms with E-state index < -0.39 is 0 Å². The number of ether oxygens (including phenoxy) is 1. The topological polar surface area (TPSA) is 46.5 Å². The highest BCUT2D eigenvalue weighted by Crippen LogP contribution is 2.20. The molecule has 1 aliphatic rings. The maximum Gasteiger partial charge on any atom is 0.198 e. The fourth-order valence-corrected chi connectivity index (χ4v) is 3.65. The van der Waals surface area contributed by atoms with Crippen LogP contribution in [0.15, 0.2) is 23.0 Å². The Kier molecular flexibility index (Phi) is 4.26. The van der Waals surface area contributed by atoms with E-state index >= 15 is 0 Å². The van der Waals surface area contributed by atoms with Gasteiger partial charge in [0.2, 0.25) is 0 Å². The number of fused-ring (bicyclic) bond motifs is 1. The molecule has 5 heteroatoms. The first-order valence-corrected chi connectivity index (χ1v) is 8.12. The number of halogens is 1. The molecule has 2 atom stereocenters. The molecule has 0 amide bonds. The molecule has 0 radical (unpaired) electrons. The van der Waals surface area contributed by atoms with Gasteiger partial charge in [-0.05, 0) is 32.9 Å². The van der Waals surface area contributed by atoms with Gasteiger partial charge in [-0.2, -0.15) is 0 Å². The fourth-order valence-electron chi connectivity index (χ4n) is 3.43. The number of hydrogen-bond donors (Lipinski definition) is 2. The van der Waals surface area contributed by atoms with Gasteiger partial charge in [-0.1, -0.05) is 17.7 Å². The molecule has 118 valence electrons. The number of morpholine rings is 1. The highest BCUT2D eigenvalue weighted by atomic mass is 35.5. The Bertz CT molecular complexity index is 746. The lowest BCUT2D eigenvalue weighted by atomic mass is 10.1. The minimum Gasteiger partial charge on any atom is -0.364 e. The molecule has 0 bridgehead atoms. The third-order valence-electron chi connectivity index (χ3n) is 4.34. The molecule has 22 heavy (non-hydrogen) atoms. The molecule has 0 unspecified atom stereocenters. The van der Waals surface area contributed by atoms with Crippen molar-refractivity contribution in [2.45, 2.75) is 39.5 Å². The van der Waals surface area contributed by atoms with Gasteiger partial charge in [0.25, 0.3) is 0 Å². The number of nitrogens with one attached hydrogen (secondary N) is 2. The number of benzene rings is 1. The summed E-state index contributed by atoms with van der Waals surface area (Å²) >= 11 is 6.19. The molecule has 2 N–H and O–H groups in total. The summed E-state index contributed by atoms with van der Waals surface area (Å²) in [5.41, 5.74) is 2.58. The summed E-state index contributed by atoms with van der Waals surface area (Å²) in [6, 6.07) is 5.46. The monoisotopic (exact) mass is 321 g/mol. The number of aromatic amines is 1. The second-order valence-corrected chi connectivity index (χ2v) is 6.72. The minimum atomic E-state index is 0.0908.